The van der Waals surface area contributed by atoms with E-state index in [0.29, 0.717) is 0 Å². The molecule has 26 heavy (non-hydrogen) atoms. The normalized spacial score (nSPS) is 17.1. The molecule has 0 spiro atoms. The van der Waals surface area contributed by atoms with Crippen LogP contribution in [-0.4, -0.2) is 18.0 Å². The van der Waals surface area contributed by atoms with Crippen LogP contribution in [0.5, 0.6) is 0 Å². The van der Waals surface area contributed by atoms with Crippen molar-refractivity contribution in [3.05, 3.63) is 70.0 Å². The zero-order valence-corrected chi connectivity index (χ0v) is 15.1. The predicted octanol–water partition coefficient (Wildman–Crippen LogP) is 4.22. The number of amides is 1. The molecule has 0 aromatic heterocycles. The van der Waals surface area contributed by atoms with Gasteiger partial charge in [0.05, 0.1) is 16.6 Å². The summed E-state index contributed by atoms with van der Waals surface area (Å²) >= 11 is 5.86. The molecule has 6 heteroatoms. The van der Waals surface area contributed by atoms with Gasteiger partial charge in [0, 0.05) is 0 Å². The molecule has 1 amide bonds. The zero-order valence-electron chi connectivity index (χ0n) is 14.3. The topological polar surface area (TPSA) is 55.4 Å². The van der Waals surface area contributed by atoms with Gasteiger partial charge in [-0.1, -0.05) is 35.9 Å². The van der Waals surface area contributed by atoms with Gasteiger partial charge in [0.15, 0.2) is 6.10 Å². The number of rotatable bonds is 4. The van der Waals surface area contributed by atoms with Gasteiger partial charge in [-0.3, -0.25) is 4.79 Å². The Labute approximate surface area is 156 Å². The number of nitrogens with one attached hydrogen (secondary N) is 1. The van der Waals surface area contributed by atoms with Crippen molar-refractivity contribution in [1.82, 2.24) is 5.32 Å². The number of carbonyl (C=O) groups excluding carboxylic acids is 2. The summed E-state index contributed by atoms with van der Waals surface area (Å²) in [7, 11) is 0. The zero-order chi connectivity index (χ0) is 18.7. The Balaban J connectivity index is 1.64. The van der Waals surface area contributed by atoms with E-state index in [9.17, 15) is 14.0 Å². The molecule has 2 atom stereocenters. The highest BCUT2D eigenvalue weighted by Gasteiger charge is 2.26. The fourth-order valence-electron chi connectivity index (χ4n) is 3.13. The molecule has 0 aliphatic heterocycles. The first-order valence-electron chi connectivity index (χ1n) is 8.50. The number of hydrogen-bond acceptors (Lipinski definition) is 3. The largest absolute Gasteiger partial charge is 0.449 e. The van der Waals surface area contributed by atoms with Gasteiger partial charge < -0.3 is 10.1 Å². The molecule has 0 unspecified atom stereocenters. The highest BCUT2D eigenvalue weighted by atomic mass is 35.5. The van der Waals surface area contributed by atoms with Crippen molar-refractivity contribution in [2.24, 2.45) is 0 Å². The van der Waals surface area contributed by atoms with Gasteiger partial charge in [-0.15, -0.1) is 0 Å². The molecular formula is C20H19ClFNO3. The lowest BCUT2D eigenvalue weighted by Gasteiger charge is -2.27. The number of fused-ring (bicyclic) bond motifs is 1. The summed E-state index contributed by atoms with van der Waals surface area (Å²) in [6, 6.07) is 11.3. The predicted molar refractivity (Wildman–Crippen MR) is 96.6 cm³/mol. The van der Waals surface area contributed by atoms with Gasteiger partial charge in [-0.05, 0) is 55.5 Å². The van der Waals surface area contributed by atoms with Crippen LogP contribution in [0.25, 0.3) is 0 Å². The van der Waals surface area contributed by atoms with E-state index in [1.165, 1.54) is 18.6 Å². The molecule has 0 bridgehead atoms. The summed E-state index contributed by atoms with van der Waals surface area (Å²) in [5, 5.41) is 2.89. The van der Waals surface area contributed by atoms with Gasteiger partial charge in [0.2, 0.25) is 0 Å². The summed E-state index contributed by atoms with van der Waals surface area (Å²) in [5.74, 6) is -1.69. The SMILES string of the molecule is C[C@H](OC(=O)c1ccc(F)cc1Cl)C(=O)N[C@H]1CCCc2ccccc21. The molecule has 1 aliphatic carbocycles. The number of carbonyl (C=O) groups is 2. The monoisotopic (exact) mass is 375 g/mol. The molecule has 0 heterocycles. The molecule has 0 saturated carbocycles. The maximum absolute atomic E-state index is 13.1. The fourth-order valence-corrected chi connectivity index (χ4v) is 3.37. The van der Waals surface area contributed by atoms with Gasteiger partial charge >= 0.3 is 5.97 Å². The molecule has 1 aliphatic rings. The Hall–Kier alpha value is -2.40. The number of aryl methyl sites for hydroxylation is 1. The summed E-state index contributed by atoms with van der Waals surface area (Å²) in [4.78, 5) is 24.6. The Bertz CT molecular complexity index is 840. The van der Waals surface area contributed by atoms with Gasteiger partial charge in [-0.2, -0.15) is 0 Å². The lowest BCUT2D eigenvalue weighted by molar-refractivity contribution is -0.130. The third-order valence-electron chi connectivity index (χ3n) is 4.49. The second-order valence-electron chi connectivity index (χ2n) is 6.32. The summed E-state index contributed by atoms with van der Waals surface area (Å²) in [5.41, 5.74) is 2.36. The standard InChI is InChI=1S/C20H19ClFNO3/c1-12(26-20(25)16-10-9-14(22)11-17(16)21)19(24)23-18-8-4-6-13-5-2-3-7-15(13)18/h2-3,5,7,9-12,18H,4,6,8H2,1H3,(H,23,24)/t12-,18-/m0/s1. The van der Waals surface area contributed by atoms with E-state index in [1.807, 2.05) is 18.2 Å². The van der Waals surface area contributed by atoms with Gasteiger partial charge in [0.1, 0.15) is 5.82 Å². The van der Waals surface area contributed by atoms with Crippen molar-refractivity contribution >= 4 is 23.5 Å². The summed E-state index contributed by atoms with van der Waals surface area (Å²) in [6.07, 6.45) is 1.84. The quantitative estimate of drug-likeness (QED) is 0.814. The minimum Gasteiger partial charge on any atom is -0.449 e. The number of esters is 1. The second kappa shape index (κ2) is 7.87. The second-order valence-corrected chi connectivity index (χ2v) is 6.73. The highest BCUT2D eigenvalue weighted by molar-refractivity contribution is 6.33. The van der Waals surface area contributed by atoms with Crippen LogP contribution in [-0.2, 0) is 16.0 Å². The Morgan fingerprint density at radius 2 is 2.04 bits per heavy atom. The Morgan fingerprint density at radius 1 is 1.27 bits per heavy atom. The maximum Gasteiger partial charge on any atom is 0.340 e. The Morgan fingerprint density at radius 3 is 2.81 bits per heavy atom. The van der Waals surface area contributed by atoms with E-state index in [0.717, 1.165) is 37.0 Å². The average Bonchev–Trinajstić information content (AvgIpc) is 2.61. The van der Waals surface area contributed by atoms with E-state index in [4.69, 9.17) is 16.3 Å². The smallest absolute Gasteiger partial charge is 0.340 e. The molecule has 2 aromatic carbocycles. The summed E-state index contributed by atoms with van der Waals surface area (Å²) < 4.78 is 18.3. The number of hydrogen-bond donors (Lipinski definition) is 1. The lowest BCUT2D eigenvalue weighted by Crippen LogP contribution is -2.39. The minimum absolute atomic E-state index is 0.0238. The molecule has 0 fully saturated rings. The third-order valence-corrected chi connectivity index (χ3v) is 4.80. The maximum atomic E-state index is 13.1. The van der Waals surface area contributed by atoms with Crippen LogP contribution in [0.1, 0.15) is 47.3 Å². The van der Waals surface area contributed by atoms with Crippen molar-refractivity contribution in [3.8, 4) is 0 Å². The van der Waals surface area contributed by atoms with Gasteiger partial charge in [0.25, 0.3) is 5.91 Å². The number of benzene rings is 2. The third kappa shape index (κ3) is 4.05. The van der Waals surface area contributed by atoms with Crippen molar-refractivity contribution in [3.63, 3.8) is 0 Å². The van der Waals surface area contributed by atoms with E-state index in [-0.39, 0.29) is 22.5 Å². The first kappa shape index (κ1) is 18.4. The molecule has 3 rings (SSSR count). The molecular weight excluding hydrogens is 357 g/mol. The van der Waals surface area contributed by atoms with Crippen LogP contribution in [0.3, 0.4) is 0 Å². The molecule has 0 radical (unpaired) electrons. The molecule has 0 saturated heterocycles. The van der Waals surface area contributed by atoms with Crippen LogP contribution in [0.15, 0.2) is 42.5 Å². The molecule has 4 nitrogen and oxygen atoms in total. The lowest BCUT2D eigenvalue weighted by atomic mass is 9.87. The first-order valence-corrected chi connectivity index (χ1v) is 8.87. The molecule has 1 N–H and O–H groups in total. The number of ether oxygens (including phenoxy) is 1. The van der Waals surface area contributed by atoms with Crippen molar-refractivity contribution < 1.29 is 18.7 Å². The fraction of sp³-hybridized carbons (Fsp3) is 0.300. The van der Waals surface area contributed by atoms with E-state index >= 15 is 0 Å². The van der Waals surface area contributed by atoms with Crippen molar-refractivity contribution in [2.45, 2.75) is 38.3 Å². The van der Waals surface area contributed by atoms with Crippen LogP contribution in [0.4, 0.5) is 4.39 Å². The summed E-state index contributed by atoms with van der Waals surface area (Å²) in [6.45, 7) is 1.50. The molecule has 136 valence electrons. The van der Waals surface area contributed by atoms with Crippen LogP contribution < -0.4 is 5.32 Å². The molecule has 2 aromatic rings. The van der Waals surface area contributed by atoms with Crippen LogP contribution in [0, 0.1) is 5.82 Å². The average molecular weight is 376 g/mol. The Kier molecular flexibility index (Phi) is 5.57. The number of halogens is 2. The van der Waals surface area contributed by atoms with Gasteiger partial charge in [-0.25, -0.2) is 9.18 Å². The highest BCUT2D eigenvalue weighted by Crippen LogP contribution is 2.29. The van der Waals surface area contributed by atoms with E-state index < -0.39 is 17.9 Å². The first-order chi connectivity index (χ1) is 12.5. The van der Waals surface area contributed by atoms with E-state index in [2.05, 4.69) is 11.4 Å². The van der Waals surface area contributed by atoms with Crippen LogP contribution in [0.2, 0.25) is 5.02 Å². The van der Waals surface area contributed by atoms with Crippen molar-refractivity contribution in [1.29, 1.82) is 0 Å². The van der Waals surface area contributed by atoms with Crippen molar-refractivity contribution in [2.75, 3.05) is 0 Å². The minimum atomic E-state index is -0.988. The van der Waals surface area contributed by atoms with Crippen LogP contribution >= 0.6 is 11.6 Å². The van der Waals surface area contributed by atoms with E-state index in [1.54, 1.807) is 0 Å².